The molecule has 0 unspecified atom stereocenters. The van der Waals surface area contributed by atoms with E-state index >= 15 is 0 Å². The number of carbonyl (C=O) groups is 1. The van der Waals surface area contributed by atoms with Crippen LogP contribution >= 0.6 is 27.3 Å². The van der Waals surface area contributed by atoms with Gasteiger partial charge in [0.2, 0.25) is 5.91 Å². The monoisotopic (exact) mass is 457 g/mol. The van der Waals surface area contributed by atoms with Crippen LogP contribution in [0.15, 0.2) is 46.9 Å². The molecule has 0 saturated carbocycles. The Bertz CT molecular complexity index is 975. The summed E-state index contributed by atoms with van der Waals surface area (Å²) < 4.78 is 2.26. The Morgan fingerprint density at radius 3 is 2.50 bits per heavy atom. The molecule has 1 aliphatic rings. The predicted octanol–water partition coefficient (Wildman–Crippen LogP) is 5.07. The van der Waals surface area contributed by atoms with Crippen molar-refractivity contribution in [1.82, 2.24) is 9.88 Å². The van der Waals surface area contributed by atoms with E-state index in [0.29, 0.717) is 12.3 Å². The van der Waals surface area contributed by atoms with Gasteiger partial charge in [0.15, 0.2) is 5.13 Å². The van der Waals surface area contributed by atoms with Crippen LogP contribution in [0.5, 0.6) is 0 Å². The minimum Gasteiger partial charge on any atom is -0.345 e. The molecular weight excluding hydrogens is 434 g/mol. The van der Waals surface area contributed by atoms with Gasteiger partial charge in [-0.05, 0) is 35.2 Å². The Hall–Kier alpha value is -1.92. The van der Waals surface area contributed by atoms with Crippen molar-refractivity contribution in [2.45, 2.75) is 26.2 Å². The largest absolute Gasteiger partial charge is 0.345 e. The number of thiazole rings is 1. The van der Waals surface area contributed by atoms with E-state index in [1.54, 1.807) is 11.3 Å². The van der Waals surface area contributed by atoms with Crippen LogP contribution in [-0.2, 0) is 11.2 Å². The molecule has 1 fully saturated rings. The highest BCUT2D eigenvalue weighted by Gasteiger charge is 2.23. The van der Waals surface area contributed by atoms with E-state index in [4.69, 9.17) is 4.98 Å². The van der Waals surface area contributed by atoms with Gasteiger partial charge in [0.1, 0.15) is 0 Å². The summed E-state index contributed by atoms with van der Waals surface area (Å²) in [4.78, 5) is 21.7. The molecule has 3 aromatic rings. The van der Waals surface area contributed by atoms with Crippen molar-refractivity contribution in [3.05, 3.63) is 58.1 Å². The van der Waals surface area contributed by atoms with E-state index in [9.17, 15) is 4.79 Å². The summed E-state index contributed by atoms with van der Waals surface area (Å²) >= 11 is 5.24. The average Bonchev–Trinajstić information content (AvgIpc) is 3.11. The number of halogens is 1. The molecule has 2 heterocycles. The van der Waals surface area contributed by atoms with Crippen LogP contribution in [-0.4, -0.2) is 42.0 Å². The molecule has 1 aromatic heterocycles. The molecule has 0 N–H and O–H groups in total. The molecule has 4 nitrogen and oxygen atoms in total. The summed E-state index contributed by atoms with van der Waals surface area (Å²) in [5, 5.41) is 1.05. The average molecular weight is 458 g/mol. The molecule has 6 heteroatoms. The molecule has 146 valence electrons. The Balaban J connectivity index is 1.35. The van der Waals surface area contributed by atoms with Crippen LogP contribution in [0, 0.1) is 0 Å². The summed E-state index contributed by atoms with van der Waals surface area (Å²) in [6.45, 7) is 7.54. The number of rotatable bonds is 4. The maximum atomic E-state index is 12.7. The highest BCUT2D eigenvalue weighted by Crippen LogP contribution is 2.31. The smallest absolute Gasteiger partial charge is 0.227 e. The number of hydrogen-bond acceptors (Lipinski definition) is 4. The van der Waals surface area contributed by atoms with Crippen LogP contribution in [0.25, 0.3) is 10.2 Å². The van der Waals surface area contributed by atoms with Crippen LogP contribution in [0.1, 0.15) is 30.9 Å². The van der Waals surface area contributed by atoms with Gasteiger partial charge in [0.05, 0.1) is 16.6 Å². The van der Waals surface area contributed by atoms with Crippen molar-refractivity contribution in [1.29, 1.82) is 0 Å². The number of fused-ring (bicyclic) bond motifs is 1. The minimum absolute atomic E-state index is 0.213. The molecule has 1 amide bonds. The van der Waals surface area contributed by atoms with Gasteiger partial charge in [-0.3, -0.25) is 4.79 Å². The first kappa shape index (κ1) is 19.4. The number of piperazine rings is 1. The Labute approximate surface area is 178 Å². The second kappa shape index (κ2) is 8.21. The highest BCUT2D eigenvalue weighted by molar-refractivity contribution is 9.10. The minimum atomic E-state index is 0.213. The molecule has 4 rings (SSSR count). The Kier molecular flexibility index (Phi) is 5.69. The lowest BCUT2D eigenvalue weighted by molar-refractivity contribution is -0.130. The maximum Gasteiger partial charge on any atom is 0.227 e. The summed E-state index contributed by atoms with van der Waals surface area (Å²) in [5.41, 5.74) is 3.44. The molecule has 0 atom stereocenters. The quantitative estimate of drug-likeness (QED) is 0.548. The molecule has 0 spiro atoms. The number of anilines is 1. The lowest BCUT2D eigenvalue weighted by Gasteiger charge is -2.34. The van der Waals surface area contributed by atoms with E-state index < -0.39 is 0 Å². The van der Waals surface area contributed by atoms with Gasteiger partial charge >= 0.3 is 0 Å². The first-order valence-corrected chi connectivity index (χ1v) is 11.3. The molecule has 0 bridgehead atoms. The van der Waals surface area contributed by atoms with Crippen LogP contribution in [0.3, 0.4) is 0 Å². The standard InChI is InChI=1S/C22H24BrN3OS/c1-15(2)17-5-3-16(4-6-17)13-21(27)25-9-11-26(12-10-25)22-24-19-8-7-18(23)14-20(19)28-22/h3-8,14-15H,9-13H2,1-2H3. The molecule has 0 aliphatic carbocycles. The van der Waals surface area contributed by atoms with E-state index in [1.807, 2.05) is 17.0 Å². The van der Waals surface area contributed by atoms with Crippen molar-refractivity contribution >= 4 is 48.5 Å². The van der Waals surface area contributed by atoms with Gasteiger partial charge < -0.3 is 9.80 Å². The van der Waals surface area contributed by atoms with E-state index in [0.717, 1.165) is 46.9 Å². The topological polar surface area (TPSA) is 36.4 Å². The summed E-state index contributed by atoms with van der Waals surface area (Å²) in [6, 6.07) is 14.6. The zero-order valence-electron chi connectivity index (χ0n) is 16.2. The third kappa shape index (κ3) is 4.23. The molecule has 28 heavy (non-hydrogen) atoms. The lowest BCUT2D eigenvalue weighted by Crippen LogP contribution is -2.49. The number of nitrogens with zero attached hydrogens (tertiary/aromatic N) is 3. The summed E-state index contributed by atoms with van der Waals surface area (Å²) in [6.07, 6.45) is 0.480. The van der Waals surface area contributed by atoms with Crippen molar-refractivity contribution in [2.24, 2.45) is 0 Å². The van der Waals surface area contributed by atoms with Crippen molar-refractivity contribution < 1.29 is 4.79 Å². The Morgan fingerprint density at radius 2 is 1.82 bits per heavy atom. The second-order valence-corrected chi connectivity index (χ2v) is 9.47. The highest BCUT2D eigenvalue weighted by atomic mass is 79.9. The SMILES string of the molecule is CC(C)c1ccc(CC(=O)N2CCN(c3nc4ccc(Br)cc4s3)CC2)cc1. The van der Waals surface area contributed by atoms with E-state index in [1.165, 1.54) is 10.3 Å². The number of carbonyl (C=O) groups excluding carboxylic acids is 1. The first-order valence-electron chi connectivity index (χ1n) is 9.67. The Morgan fingerprint density at radius 1 is 1.11 bits per heavy atom. The van der Waals surface area contributed by atoms with Crippen molar-refractivity contribution in [3.8, 4) is 0 Å². The first-order chi connectivity index (χ1) is 13.5. The number of amides is 1. The molecule has 1 aliphatic heterocycles. The fraction of sp³-hybridized carbons (Fsp3) is 0.364. The predicted molar refractivity (Wildman–Crippen MR) is 120 cm³/mol. The maximum absolute atomic E-state index is 12.7. The molecule has 2 aromatic carbocycles. The molecular formula is C22H24BrN3OS. The van der Waals surface area contributed by atoms with Gasteiger partial charge in [0, 0.05) is 30.7 Å². The third-order valence-corrected chi connectivity index (χ3v) is 6.82. The summed E-state index contributed by atoms with van der Waals surface area (Å²) in [5.74, 6) is 0.728. The van der Waals surface area contributed by atoms with Crippen LogP contribution in [0.2, 0.25) is 0 Å². The fourth-order valence-corrected chi connectivity index (χ4v) is 5.04. The number of hydrogen-bond donors (Lipinski definition) is 0. The van der Waals surface area contributed by atoms with E-state index in [2.05, 4.69) is 65.0 Å². The summed E-state index contributed by atoms with van der Waals surface area (Å²) in [7, 11) is 0. The van der Waals surface area contributed by atoms with E-state index in [-0.39, 0.29) is 5.91 Å². The van der Waals surface area contributed by atoms with Crippen LogP contribution < -0.4 is 4.90 Å². The van der Waals surface area contributed by atoms with Gasteiger partial charge in [-0.25, -0.2) is 4.98 Å². The lowest BCUT2D eigenvalue weighted by atomic mass is 10.0. The van der Waals surface area contributed by atoms with Crippen molar-refractivity contribution in [3.63, 3.8) is 0 Å². The number of benzene rings is 2. The van der Waals surface area contributed by atoms with Gasteiger partial charge in [-0.1, -0.05) is 65.4 Å². The zero-order valence-corrected chi connectivity index (χ0v) is 18.6. The van der Waals surface area contributed by atoms with Gasteiger partial charge in [-0.15, -0.1) is 0 Å². The normalized spacial score (nSPS) is 14.9. The van der Waals surface area contributed by atoms with Crippen LogP contribution in [0.4, 0.5) is 5.13 Å². The third-order valence-electron chi connectivity index (χ3n) is 5.24. The second-order valence-electron chi connectivity index (χ2n) is 7.55. The number of aromatic nitrogens is 1. The molecule has 1 saturated heterocycles. The van der Waals surface area contributed by atoms with Crippen molar-refractivity contribution in [2.75, 3.05) is 31.1 Å². The fourth-order valence-electron chi connectivity index (χ4n) is 3.48. The van der Waals surface area contributed by atoms with Gasteiger partial charge in [0.25, 0.3) is 0 Å². The molecule has 0 radical (unpaired) electrons. The van der Waals surface area contributed by atoms with Gasteiger partial charge in [-0.2, -0.15) is 0 Å². The zero-order chi connectivity index (χ0) is 19.7.